The number of carbonyl (C=O) groups excluding carboxylic acids is 1. The van der Waals surface area contributed by atoms with E-state index >= 15 is 0 Å². The second-order valence-corrected chi connectivity index (χ2v) is 8.18. The summed E-state index contributed by atoms with van der Waals surface area (Å²) in [6.07, 6.45) is 2.45. The molecule has 4 heterocycles. The number of nitrogens with zero attached hydrogens (tertiary/aromatic N) is 4. The van der Waals surface area contributed by atoms with Gasteiger partial charge in [0.15, 0.2) is 5.65 Å². The van der Waals surface area contributed by atoms with Gasteiger partial charge >= 0.3 is 6.09 Å². The molecule has 34 heavy (non-hydrogen) atoms. The Balaban J connectivity index is 1.39. The fourth-order valence-electron chi connectivity index (χ4n) is 4.12. The summed E-state index contributed by atoms with van der Waals surface area (Å²) in [5.41, 5.74) is 9.90. The number of ether oxygens (including phenoxy) is 3. The van der Waals surface area contributed by atoms with Crippen LogP contribution in [0, 0.1) is 0 Å². The second-order valence-electron chi connectivity index (χ2n) is 8.18. The van der Waals surface area contributed by atoms with Gasteiger partial charge in [0.25, 0.3) is 0 Å². The van der Waals surface area contributed by atoms with Crippen molar-refractivity contribution in [1.82, 2.24) is 20.0 Å². The number of anilines is 2. The molecule has 2 aliphatic heterocycles. The Kier molecular flexibility index (Phi) is 6.59. The van der Waals surface area contributed by atoms with Crippen LogP contribution >= 0.6 is 0 Å². The minimum atomic E-state index is -0.589. The smallest absolute Gasteiger partial charge is 0.426 e. The van der Waals surface area contributed by atoms with Gasteiger partial charge in [-0.3, -0.25) is 5.43 Å². The van der Waals surface area contributed by atoms with E-state index in [-0.39, 0.29) is 6.61 Å². The molecule has 2 aliphatic rings. The van der Waals surface area contributed by atoms with Crippen LogP contribution in [0.4, 0.5) is 16.3 Å². The van der Waals surface area contributed by atoms with Crippen LogP contribution in [0.25, 0.3) is 16.7 Å². The van der Waals surface area contributed by atoms with Crippen molar-refractivity contribution in [2.75, 3.05) is 49.8 Å². The molecular weight excluding hydrogens is 436 g/mol. The predicted molar refractivity (Wildman–Crippen MR) is 128 cm³/mol. The molecular formula is C24H28N6O4. The highest BCUT2D eigenvalue weighted by Crippen LogP contribution is 2.31. The number of pyridine rings is 1. The monoisotopic (exact) mass is 464 g/mol. The Morgan fingerprint density at radius 3 is 2.71 bits per heavy atom. The second kappa shape index (κ2) is 10.1. The SMILES string of the molecule is Cn1c(C2=CCCOC2)nc2c(N3CCOCC3)cc(NNC(=O)OCc3ccccc3)nc21. The third kappa shape index (κ3) is 4.82. The number of nitrogens with one attached hydrogen (secondary N) is 2. The molecule has 1 saturated heterocycles. The number of aryl methyl sites for hydroxylation is 1. The zero-order chi connectivity index (χ0) is 23.3. The maximum absolute atomic E-state index is 12.2. The highest BCUT2D eigenvalue weighted by atomic mass is 16.6. The zero-order valence-corrected chi connectivity index (χ0v) is 19.1. The molecule has 0 radical (unpaired) electrons. The van der Waals surface area contributed by atoms with Crippen molar-refractivity contribution in [3.8, 4) is 0 Å². The first-order chi connectivity index (χ1) is 16.7. The van der Waals surface area contributed by atoms with Gasteiger partial charge in [-0.2, -0.15) is 0 Å². The number of morpholine rings is 1. The fourth-order valence-corrected chi connectivity index (χ4v) is 4.12. The number of aromatic nitrogens is 3. The molecule has 10 heteroatoms. The number of hydrogen-bond donors (Lipinski definition) is 2. The Hall–Kier alpha value is -3.63. The van der Waals surface area contributed by atoms with E-state index in [0.717, 1.165) is 54.3 Å². The van der Waals surface area contributed by atoms with E-state index in [1.165, 1.54) is 0 Å². The molecule has 10 nitrogen and oxygen atoms in total. The number of rotatable bonds is 6. The number of hydrogen-bond acceptors (Lipinski definition) is 8. The number of hydrazine groups is 1. The summed E-state index contributed by atoms with van der Waals surface area (Å²) in [4.78, 5) is 24.1. The van der Waals surface area contributed by atoms with Crippen molar-refractivity contribution in [3.63, 3.8) is 0 Å². The van der Waals surface area contributed by atoms with Crippen LogP contribution in [0.3, 0.4) is 0 Å². The van der Waals surface area contributed by atoms with Crippen molar-refractivity contribution in [2.45, 2.75) is 13.0 Å². The van der Waals surface area contributed by atoms with Crippen LogP contribution in [0.5, 0.6) is 0 Å². The van der Waals surface area contributed by atoms with Gasteiger partial charge in [0, 0.05) is 31.8 Å². The van der Waals surface area contributed by atoms with Gasteiger partial charge in [-0.15, -0.1) is 0 Å². The quantitative estimate of drug-likeness (QED) is 0.537. The lowest BCUT2D eigenvalue weighted by atomic mass is 10.2. The first-order valence-electron chi connectivity index (χ1n) is 11.4. The van der Waals surface area contributed by atoms with Crippen molar-refractivity contribution < 1.29 is 19.0 Å². The minimum Gasteiger partial charge on any atom is -0.443 e. The maximum atomic E-state index is 12.2. The molecule has 0 saturated carbocycles. The average molecular weight is 465 g/mol. The van der Waals surface area contributed by atoms with Crippen LogP contribution < -0.4 is 15.8 Å². The molecule has 2 N–H and O–H groups in total. The molecule has 1 amide bonds. The number of imidazole rings is 1. The van der Waals surface area contributed by atoms with Crippen molar-refractivity contribution in [2.24, 2.45) is 7.05 Å². The largest absolute Gasteiger partial charge is 0.443 e. The molecule has 178 valence electrons. The van der Waals surface area contributed by atoms with Gasteiger partial charge in [0.1, 0.15) is 23.8 Å². The lowest BCUT2D eigenvalue weighted by molar-refractivity contribution is 0.123. The van der Waals surface area contributed by atoms with E-state index in [1.54, 1.807) is 0 Å². The molecule has 0 aliphatic carbocycles. The first-order valence-corrected chi connectivity index (χ1v) is 11.4. The molecule has 0 bridgehead atoms. The molecule has 0 unspecified atom stereocenters. The standard InChI is InChI=1S/C24H28N6O4/c1-29-22(18-8-5-11-33-16-18)26-21-19(30-9-12-32-13-10-30)14-20(25-23(21)29)27-28-24(31)34-15-17-6-3-2-4-7-17/h2-4,6-8,14H,5,9-13,15-16H2,1H3,(H,25,27)(H,28,31). The summed E-state index contributed by atoms with van der Waals surface area (Å²) in [6, 6.07) is 11.4. The van der Waals surface area contributed by atoms with Crippen LogP contribution in [0.2, 0.25) is 0 Å². The van der Waals surface area contributed by atoms with Crippen LogP contribution in [0.1, 0.15) is 17.8 Å². The lowest BCUT2D eigenvalue weighted by Crippen LogP contribution is -2.36. The lowest BCUT2D eigenvalue weighted by Gasteiger charge is -2.29. The van der Waals surface area contributed by atoms with Gasteiger partial charge in [-0.25, -0.2) is 20.2 Å². The molecule has 3 aromatic rings. The van der Waals surface area contributed by atoms with Crippen molar-refractivity contribution in [1.29, 1.82) is 0 Å². The molecule has 1 aromatic carbocycles. The topological polar surface area (TPSA) is 103 Å². The normalized spacial score (nSPS) is 16.3. The highest BCUT2D eigenvalue weighted by Gasteiger charge is 2.22. The van der Waals surface area contributed by atoms with Gasteiger partial charge in [-0.1, -0.05) is 36.4 Å². The summed E-state index contributed by atoms with van der Waals surface area (Å²) in [7, 11) is 1.95. The van der Waals surface area contributed by atoms with E-state index in [1.807, 2.05) is 48.0 Å². The number of benzene rings is 1. The Bertz CT molecular complexity index is 1190. The van der Waals surface area contributed by atoms with Gasteiger partial charge in [0.2, 0.25) is 0 Å². The van der Waals surface area contributed by atoms with Crippen LogP contribution in [-0.2, 0) is 27.9 Å². The van der Waals surface area contributed by atoms with E-state index < -0.39 is 6.09 Å². The van der Waals surface area contributed by atoms with E-state index in [9.17, 15) is 4.79 Å². The van der Waals surface area contributed by atoms with E-state index in [2.05, 4.69) is 21.8 Å². The van der Waals surface area contributed by atoms with Gasteiger partial charge in [0.05, 0.1) is 32.1 Å². The third-order valence-electron chi connectivity index (χ3n) is 5.86. The Morgan fingerprint density at radius 1 is 1.12 bits per heavy atom. The van der Waals surface area contributed by atoms with Gasteiger partial charge < -0.3 is 23.7 Å². The maximum Gasteiger partial charge on any atom is 0.426 e. The average Bonchev–Trinajstić information content (AvgIpc) is 3.23. The minimum absolute atomic E-state index is 0.183. The van der Waals surface area contributed by atoms with E-state index in [4.69, 9.17) is 24.2 Å². The van der Waals surface area contributed by atoms with Crippen molar-refractivity contribution >= 4 is 34.3 Å². The Labute approximate surface area is 197 Å². The summed E-state index contributed by atoms with van der Waals surface area (Å²) in [5, 5.41) is 0. The van der Waals surface area contributed by atoms with Crippen molar-refractivity contribution in [3.05, 3.63) is 53.9 Å². The fraction of sp³-hybridized carbons (Fsp3) is 0.375. The van der Waals surface area contributed by atoms with Gasteiger partial charge in [-0.05, 0) is 12.0 Å². The molecule has 0 spiro atoms. The van der Waals surface area contributed by atoms with E-state index in [0.29, 0.717) is 31.3 Å². The first kappa shape index (κ1) is 22.2. The number of amides is 1. The third-order valence-corrected chi connectivity index (χ3v) is 5.86. The molecule has 1 fully saturated rings. The molecule has 5 rings (SSSR count). The zero-order valence-electron chi connectivity index (χ0n) is 19.1. The summed E-state index contributed by atoms with van der Waals surface area (Å²) in [6.45, 7) is 4.24. The Morgan fingerprint density at radius 2 is 1.94 bits per heavy atom. The van der Waals surface area contributed by atoms with Crippen LogP contribution in [0.15, 0.2) is 42.5 Å². The number of fused-ring (bicyclic) bond motifs is 1. The summed E-state index contributed by atoms with van der Waals surface area (Å²) >= 11 is 0. The van der Waals surface area contributed by atoms with Crippen LogP contribution in [-0.4, -0.2) is 60.1 Å². The highest BCUT2D eigenvalue weighted by molar-refractivity contribution is 5.91. The summed E-state index contributed by atoms with van der Waals surface area (Å²) < 4.78 is 18.4. The summed E-state index contributed by atoms with van der Waals surface area (Å²) in [5.74, 6) is 1.33. The molecule has 2 aromatic heterocycles. The molecule has 0 atom stereocenters. The predicted octanol–water partition coefficient (Wildman–Crippen LogP) is 2.86. The number of carbonyl (C=O) groups is 1.